The molecule has 1 aromatic carbocycles. The van der Waals surface area contributed by atoms with Crippen LogP contribution in [0, 0.1) is 0 Å². The molecule has 20 heavy (non-hydrogen) atoms. The third-order valence-electron chi connectivity index (χ3n) is 3.64. The first kappa shape index (κ1) is 14.9. The Morgan fingerprint density at radius 1 is 1.25 bits per heavy atom. The Balaban J connectivity index is 1.95. The Hall–Kier alpha value is -1.55. The van der Waals surface area contributed by atoms with Crippen molar-refractivity contribution in [2.75, 3.05) is 31.7 Å². The minimum atomic E-state index is -0.0419. The Labute approximate surface area is 121 Å². The third kappa shape index (κ3) is 3.97. The summed E-state index contributed by atoms with van der Waals surface area (Å²) in [7, 11) is 1.63. The van der Waals surface area contributed by atoms with Crippen molar-refractivity contribution in [3.8, 4) is 0 Å². The summed E-state index contributed by atoms with van der Waals surface area (Å²) < 4.78 is 5.02. The van der Waals surface area contributed by atoms with E-state index in [9.17, 15) is 4.79 Å². The Morgan fingerprint density at radius 3 is 2.50 bits per heavy atom. The van der Waals surface area contributed by atoms with Crippen molar-refractivity contribution >= 4 is 11.6 Å². The van der Waals surface area contributed by atoms with Crippen LogP contribution < -0.4 is 10.2 Å². The van der Waals surface area contributed by atoms with Gasteiger partial charge in [0.25, 0.3) is 5.91 Å². The number of nitrogens with one attached hydrogen (secondary N) is 1. The van der Waals surface area contributed by atoms with Crippen LogP contribution in [-0.2, 0) is 4.74 Å². The normalized spacial score (nSPS) is 16.8. The van der Waals surface area contributed by atoms with Crippen LogP contribution in [0.25, 0.3) is 0 Å². The molecule has 4 heteroatoms. The fraction of sp³-hybridized carbons (Fsp3) is 0.562. The number of piperidine rings is 1. The molecule has 4 nitrogen and oxygen atoms in total. The van der Waals surface area contributed by atoms with Gasteiger partial charge in [0.05, 0.1) is 6.61 Å². The standard InChI is InChI=1S/C16H24N2O2/c1-13(12-20-2)17-16(19)14-6-8-15(9-7-14)18-10-4-3-5-11-18/h6-9,13H,3-5,10-12H2,1-2H3,(H,17,19). The molecule has 110 valence electrons. The van der Waals surface area contributed by atoms with Crippen LogP contribution in [0.15, 0.2) is 24.3 Å². The summed E-state index contributed by atoms with van der Waals surface area (Å²) in [5.74, 6) is -0.0419. The van der Waals surface area contributed by atoms with Crippen LogP contribution in [-0.4, -0.2) is 38.8 Å². The maximum Gasteiger partial charge on any atom is 0.251 e. The molecule has 1 unspecified atom stereocenters. The van der Waals surface area contributed by atoms with E-state index < -0.39 is 0 Å². The molecule has 1 aliphatic heterocycles. The number of benzene rings is 1. The van der Waals surface area contributed by atoms with E-state index in [1.807, 2.05) is 31.2 Å². The zero-order chi connectivity index (χ0) is 14.4. The van der Waals surface area contributed by atoms with Crippen molar-refractivity contribution in [1.82, 2.24) is 5.32 Å². The molecule has 1 N–H and O–H groups in total. The summed E-state index contributed by atoms with van der Waals surface area (Å²) in [6, 6.07) is 7.91. The van der Waals surface area contributed by atoms with E-state index in [0.717, 1.165) is 13.1 Å². The number of amides is 1. The van der Waals surface area contributed by atoms with Gasteiger partial charge in [-0.1, -0.05) is 0 Å². The second-order valence-electron chi connectivity index (χ2n) is 5.42. The number of ether oxygens (including phenoxy) is 1. The van der Waals surface area contributed by atoms with Gasteiger partial charge in [0, 0.05) is 37.5 Å². The second kappa shape index (κ2) is 7.29. The van der Waals surface area contributed by atoms with Crippen molar-refractivity contribution in [2.45, 2.75) is 32.2 Å². The first-order chi connectivity index (χ1) is 9.70. The monoisotopic (exact) mass is 276 g/mol. The minimum Gasteiger partial charge on any atom is -0.383 e. The van der Waals surface area contributed by atoms with E-state index in [1.165, 1.54) is 24.9 Å². The highest BCUT2D eigenvalue weighted by molar-refractivity contribution is 5.94. The molecule has 0 radical (unpaired) electrons. The topological polar surface area (TPSA) is 41.6 Å². The summed E-state index contributed by atoms with van der Waals surface area (Å²) >= 11 is 0. The predicted octanol–water partition coefficient (Wildman–Crippen LogP) is 2.44. The highest BCUT2D eigenvalue weighted by atomic mass is 16.5. The number of hydrogen-bond donors (Lipinski definition) is 1. The van der Waals surface area contributed by atoms with Gasteiger partial charge < -0.3 is 15.0 Å². The largest absolute Gasteiger partial charge is 0.383 e. The molecule has 0 spiro atoms. The zero-order valence-electron chi connectivity index (χ0n) is 12.4. The van der Waals surface area contributed by atoms with Crippen LogP contribution in [0.1, 0.15) is 36.5 Å². The number of methoxy groups -OCH3 is 1. The van der Waals surface area contributed by atoms with Crippen molar-refractivity contribution in [2.24, 2.45) is 0 Å². The lowest BCUT2D eigenvalue weighted by atomic mass is 10.1. The number of rotatable bonds is 5. The molecule has 1 aliphatic rings. The number of hydrogen-bond acceptors (Lipinski definition) is 3. The lowest BCUT2D eigenvalue weighted by Gasteiger charge is -2.28. The summed E-state index contributed by atoms with van der Waals surface area (Å²) in [6.45, 7) is 4.70. The molecule has 1 fully saturated rings. The third-order valence-corrected chi connectivity index (χ3v) is 3.64. The van der Waals surface area contributed by atoms with E-state index in [2.05, 4.69) is 10.2 Å². The first-order valence-electron chi connectivity index (χ1n) is 7.35. The minimum absolute atomic E-state index is 0.0225. The molecule has 0 aromatic heterocycles. The predicted molar refractivity (Wildman–Crippen MR) is 81.3 cm³/mol. The number of carbonyl (C=O) groups is 1. The average Bonchev–Trinajstić information content (AvgIpc) is 2.48. The fourth-order valence-electron chi connectivity index (χ4n) is 2.57. The van der Waals surface area contributed by atoms with Crippen LogP contribution in [0.3, 0.4) is 0 Å². The van der Waals surface area contributed by atoms with Crippen molar-refractivity contribution < 1.29 is 9.53 Å². The molecule has 1 aromatic rings. The smallest absolute Gasteiger partial charge is 0.251 e. The van der Waals surface area contributed by atoms with Crippen molar-refractivity contribution in [3.05, 3.63) is 29.8 Å². The van der Waals surface area contributed by atoms with Crippen molar-refractivity contribution in [3.63, 3.8) is 0 Å². The Morgan fingerprint density at radius 2 is 1.90 bits per heavy atom. The van der Waals surface area contributed by atoms with Gasteiger partial charge in [-0.15, -0.1) is 0 Å². The van der Waals surface area contributed by atoms with Crippen LogP contribution in [0.2, 0.25) is 0 Å². The first-order valence-corrected chi connectivity index (χ1v) is 7.35. The quantitative estimate of drug-likeness (QED) is 0.898. The van der Waals surface area contributed by atoms with Gasteiger partial charge in [-0.3, -0.25) is 4.79 Å². The van der Waals surface area contributed by atoms with Gasteiger partial charge in [0.2, 0.25) is 0 Å². The average molecular weight is 276 g/mol. The van der Waals surface area contributed by atoms with Gasteiger partial charge in [0.15, 0.2) is 0 Å². The molecule has 2 rings (SSSR count). The van der Waals surface area contributed by atoms with Gasteiger partial charge in [-0.05, 0) is 50.5 Å². The van der Waals surface area contributed by atoms with E-state index in [0.29, 0.717) is 12.2 Å². The molecule has 1 heterocycles. The van der Waals surface area contributed by atoms with Gasteiger partial charge in [0.1, 0.15) is 0 Å². The van der Waals surface area contributed by atoms with E-state index in [4.69, 9.17) is 4.74 Å². The second-order valence-corrected chi connectivity index (χ2v) is 5.42. The fourth-order valence-corrected chi connectivity index (χ4v) is 2.57. The highest BCUT2D eigenvalue weighted by Crippen LogP contribution is 2.20. The Kier molecular flexibility index (Phi) is 5.41. The van der Waals surface area contributed by atoms with Gasteiger partial charge in [-0.25, -0.2) is 0 Å². The summed E-state index contributed by atoms with van der Waals surface area (Å²) in [5, 5.41) is 2.92. The lowest BCUT2D eigenvalue weighted by molar-refractivity contribution is 0.0905. The van der Waals surface area contributed by atoms with E-state index in [-0.39, 0.29) is 11.9 Å². The summed E-state index contributed by atoms with van der Waals surface area (Å²) in [5.41, 5.74) is 1.92. The van der Waals surface area contributed by atoms with Gasteiger partial charge in [-0.2, -0.15) is 0 Å². The number of carbonyl (C=O) groups excluding carboxylic acids is 1. The van der Waals surface area contributed by atoms with Crippen LogP contribution in [0.4, 0.5) is 5.69 Å². The number of nitrogens with zero attached hydrogens (tertiary/aromatic N) is 1. The van der Waals surface area contributed by atoms with Gasteiger partial charge >= 0.3 is 0 Å². The molecule has 0 saturated carbocycles. The van der Waals surface area contributed by atoms with Crippen molar-refractivity contribution in [1.29, 1.82) is 0 Å². The highest BCUT2D eigenvalue weighted by Gasteiger charge is 2.13. The maximum atomic E-state index is 12.0. The lowest BCUT2D eigenvalue weighted by Crippen LogP contribution is -2.35. The number of anilines is 1. The Bertz CT molecular complexity index is 425. The molecular weight excluding hydrogens is 252 g/mol. The van der Waals surface area contributed by atoms with Crippen LogP contribution in [0.5, 0.6) is 0 Å². The molecule has 0 bridgehead atoms. The summed E-state index contributed by atoms with van der Waals surface area (Å²) in [6.07, 6.45) is 3.85. The zero-order valence-corrected chi connectivity index (χ0v) is 12.4. The maximum absolute atomic E-state index is 12.0. The molecule has 1 amide bonds. The molecule has 0 aliphatic carbocycles. The van der Waals surface area contributed by atoms with Crippen LogP contribution >= 0.6 is 0 Å². The molecular formula is C16H24N2O2. The van der Waals surface area contributed by atoms with E-state index in [1.54, 1.807) is 7.11 Å². The SMILES string of the molecule is COCC(C)NC(=O)c1ccc(N2CCCCC2)cc1. The molecule has 1 atom stereocenters. The summed E-state index contributed by atoms with van der Waals surface area (Å²) in [4.78, 5) is 14.4. The molecule has 1 saturated heterocycles. The van der Waals surface area contributed by atoms with E-state index >= 15 is 0 Å².